The van der Waals surface area contributed by atoms with E-state index < -0.39 is 5.97 Å². The van der Waals surface area contributed by atoms with E-state index in [0.717, 1.165) is 0 Å². The number of carboxylic acid groups (broad SMARTS) is 1. The molecule has 0 bridgehead atoms. The Morgan fingerprint density at radius 1 is 1.57 bits per heavy atom. The number of aliphatic carboxylic acids is 1. The molecule has 0 aromatic carbocycles. The lowest BCUT2D eigenvalue weighted by atomic mass is 10.1. The maximum atomic E-state index is 11.8. The van der Waals surface area contributed by atoms with Gasteiger partial charge in [-0.05, 0) is 17.4 Å². The summed E-state index contributed by atoms with van der Waals surface area (Å²) < 4.78 is 7.20. The Bertz CT molecular complexity index is 676. The van der Waals surface area contributed by atoms with Crippen LogP contribution in [0, 0.1) is 0 Å². The summed E-state index contributed by atoms with van der Waals surface area (Å²) in [6.45, 7) is 2.32. The largest absolute Gasteiger partial charge is 0.477 e. The summed E-state index contributed by atoms with van der Waals surface area (Å²) in [6.07, 6.45) is 0.346. The van der Waals surface area contributed by atoms with Crippen LogP contribution in [0.5, 0.6) is 0 Å². The van der Waals surface area contributed by atoms with E-state index in [1.807, 2.05) is 6.92 Å². The molecular formula is C12H15N5O4S2. The third kappa shape index (κ3) is 2.95. The Morgan fingerprint density at radius 3 is 2.91 bits per heavy atom. The SMILES string of the molecule is CCOC1S[C@@H]2CC(=O)N2C(C(=O)O)=C1CSc1nnnn1C. The summed E-state index contributed by atoms with van der Waals surface area (Å²) in [6, 6.07) is 0. The second-order valence-corrected chi connectivity index (χ2v) is 7.09. The topological polar surface area (TPSA) is 110 Å². The van der Waals surface area contributed by atoms with Crippen molar-refractivity contribution in [3.8, 4) is 0 Å². The number of β-lactam (4-membered cyclic amide) rings is 1. The van der Waals surface area contributed by atoms with E-state index in [-0.39, 0.29) is 22.4 Å². The zero-order valence-corrected chi connectivity index (χ0v) is 14.1. The molecule has 1 saturated heterocycles. The molecule has 1 amide bonds. The van der Waals surface area contributed by atoms with Gasteiger partial charge in [0.25, 0.3) is 0 Å². The number of fused-ring (bicyclic) bond motifs is 1. The van der Waals surface area contributed by atoms with E-state index in [1.165, 1.54) is 33.1 Å². The summed E-state index contributed by atoms with van der Waals surface area (Å²) >= 11 is 2.78. The van der Waals surface area contributed by atoms with Crippen LogP contribution < -0.4 is 0 Å². The van der Waals surface area contributed by atoms with Crippen molar-refractivity contribution in [1.29, 1.82) is 0 Å². The molecule has 2 atom stereocenters. The van der Waals surface area contributed by atoms with Crippen LogP contribution >= 0.6 is 23.5 Å². The van der Waals surface area contributed by atoms with Gasteiger partial charge in [0.1, 0.15) is 11.1 Å². The molecule has 0 radical (unpaired) electrons. The van der Waals surface area contributed by atoms with Gasteiger partial charge in [-0.25, -0.2) is 9.48 Å². The molecule has 1 aromatic rings. The fourth-order valence-electron chi connectivity index (χ4n) is 2.41. The number of carbonyl (C=O) groups is 2. The van der Waals surface area contributed by atoms with Gasteiger partial charge < -0.3 is 9.84 Å². The lowest BCUT2D eigenvalue weighted by molar-refractivity contribution is -0.146. The van der Waals surface area contributed by atoms with Crippen molar-refractivity contribution in [1.82, 2.24) is 25.1 Å². The molecule has 0 aliphatic carbocycles. The van der Waals surface area contributed by atoms with Crippen LogP contribution in [0.2, 0.25) is 0 Å². The van der Waals surface area contributed by atoms with Crippen LogP contribution in [-0.4, -0.2) is 65.3 Å². The van der Waals surface area contributed by atoms with Crippen LogP contribution in [-0.2, 0) is 21.4 Å². The highest BCUT2D eigenvalue weighted by molar-refractivity contribution is 8.01. The van der Waals surface area contributed by atoms with Crippen molar-refractivity contribution in [2.24, 2.45) is 7.05 Å². The predicted molar refractivity (Wildman–Crippen MR) is 82.4 cm³/mol. The summed E-state index contributed by atoms with van der Waals surface area (Å²) in [4.78, 5) is 24.9. The van der Waals surface area contributed by atoms with E-state index in [4.69, 9.17) is 4.74 Å². The van der Waals surface area contributed by atoms with E-state index in [0.29, 0.717) is 29.5 Å². The van der Waals surface area contributed by atoms with Gasteiger partial charge in [-0.1, -0.05) is 23.5 Å². The number of ether oxygens (including phenoxy) is 1. The maximum Gasteiger partial charge on any atom is 0.352 e. The summed E-state index contributed by atoms with van der Waals surface area (Å²) in [5.74, 6) is -0.943. The van der Waals surface area contributed by atoms with Crippen LogP contribution in [0.25, 0.3) is 0 Å². The third-order valence-corrected chi connectivity index (χ3v) is 5.89. The standard InChI is InChI=1S/C12H15N5O4S2/c1-3-21-11-6(5-22-12-13-14-15-16(12)2)9(10(19)20)17-7(18)4-8(17)23-11/h8,11H,3-5H2,1-2H3,(H,19,20)/t8-,11?/m1/s1. The number of hydrogen-bond donors (Lipinski definition) is 1. The minimum absolute atomic E-state index is 0.0334. The van der Waals surface area contributed by atoms with Gasteiger partial charge in [-0.3, -0.25) is 9.69 Å². The van der Waals surface area contributed by atoms with Crippen molar-refractivity contribution in [2.45, 2.75) is 29.3 Å². The summed E-state index contributed by atoms with van der Waals surface area (Å²) in [5, 5.41) is 21.2. The minimum Gasteiger partial charge on any atom is -0.477 e. The molecule has 1 aromatic heterocycles. The highest BCUT2D eigenvalue weighted by atomic mass is 32.2. The monoisotopic (exact) mass is 357 g/mol. The number of amides is 1. The molecular weight excluding hydrogens is 342 g/mol. The zero-order chi connectivity index (χ0) is 16.6. The quantitative estimate of drug-likeness (QED) is 0.568. The molecule has 11 heteroatoms. The van der Waals surface area contributed by atoms with Gasteiger partial charge in [0.05, 0.1) is 11.8 Å². The molecule has 1 fully saturated rings. The average molecular weight is 357 g/mol. The van der Waals surface area contributed by atoms with Crippen molar-refractivity contribution >= 4 is 35.4 Å². The first-order valence-corrected chi connectivity index (χ1v) is 8.86. The first-order chi connectivity index (χ1) is 11.0. The molecule has 0 spiro atoms. The second-order valence-electron chi connectivity index (χ2n) is 4.90. The van der Waals surface area contributed by atoms with Crippen molar-refractivity contribution in [2.75, 3.05) is 12.4 Å². The minimum atomic E-state index is -1.11. The fraction of sp³-hybridized carbons (Fsp3) is 0.583. The number of hydrogen-bond acceptors (Lipinski definition) is 8. The normalized spacial score (nSPS) is 23.7. The number of carbonyl (C=O) groups excluding carboxylic acids is 1. The van der Waals surface area contributed by atoms with Gasteiger partial charge in [0.2, 0.25) is 11.1 Å². The number of rotatable bonds is 6. The second kappa shape index (κ2) is 6.49. The third-order valence-electron chi connectivity index (χ3n) is 3.47. The molecule has 2 aliphatic heterocycles. The highest BCUT2D eigenvalue weighted by Gasteiger charge is 2.48. The van der Waals surface area contributed by atoms with Crippen molar-refractivity contribution in [3.63, 3.8) is 0 Å². The number of thioether (sulfide) groups is 2. The molecule has 124 valence electrons. The molecule has 3 heterocycles. The molecule has 23 heavy (non-hydrogen) atoms. The maximum absolute atomic E-state index is 11.8. The Balaban J connectivity index is 1.91. The zero-order valence-electron chi connectivity index (χ0n) is 12.5. The fourth-order valence-corrected chi connectivity index (χ4v) is 4.85. The first kappa shape index (κ1) is 16.3. The summed E-state index contributed by atoms with van der Waals surface area (Å²) in [5.41, 5.74) is 0.224. The highest BCUT2D eigenvalue weighted by Crippen LogP contribution is 2.45. The first-order valence-electron chi connectivity index (χ1n) is 6.93. The molecule has 1 unspecified atom stereocenters. The molecule has 2 aliphatic rings. The Morgan fingerprint density at radius 2 is 2.35 bits per heavy atom. The number of nitrogens with zero attached hydrogens (tertiary/aromatic N) is 5. The molecule has 1 N–H and O–H groups in total. The van der Waals surface area contributed by atoms with E-state index in [1.54, 1.807) is 7.05 Å². The Kier molecular flexibility index (Phi) is 4.60. The lowest BCUT2D eigenvalue weighted by Gasteiger charge is -2.46. The van der Waals surface area contributed by atoms with E-state index in [9.17, 15) is 14.7 Å². The smallest absolute Gasteiger partial charge is 0.352 e. The van der Waals surface area contributed by atoms with Crippen LogP contribution in [0.4, 0.5) is 0 Å². The van der Waals surface area contributed by atoms with Gasteiger partial charge in [0, 0.05) is 25.0 Å². The van der Waals surface area contributed by atoms with Crippen LogP contribution in [0.3, 0.4) is 0 Å². The van der Waals surface area contributed by atoms with Crippen LogP contribution in [0.1, 0.15) is 13.3 Å². The van der Waals surface area contributed by atoms with Gasteiger partial charge in [-0.2, -0.15) is 0 Å². The average Bonchev–Trinajstić information content (AvgIpc) is 2.90. The van der Waals surface area contributed by atoms with E-state index in [2.05, 4.69) is 15.5 Å². The predicted octanol–water partition coefficient (Wildman–Crippen LogP) is 0.309. The van der Waals surface area contributed by atoms with Crippen molar-refractivity contribution < 1.29 is 19.4 Å². The summed E-state index contributed by atoms with van der Waals surface area (Å²) in [7, 11) is 1.71. The van der Waals surface area contributed by atoms with Crippen LogP contribution in [0.15, 0.2) is 16.4 Å². The Hall–Kier alpha value is -1.59. The molecule has 0 saturated carbocycles. The number of tetrazole rings is 1. The van der Waals surface area contributed by atoms with Gasteiger partial charge >= 0.3 is 5.97 Å². The van der Waals surface area contributed by atoms with Crippen molar-refractivity contribution in [3.05, 3.63) is 11.3 Å². The van der Waals surface area contributed by atoms with Gasteiger partial charge in [-0.15, -0.1) is 5.10 Å². The molecule has 3 rings (SSSR count). The lowest BCUT2D eigenvalue weighted by Crippen LogP contribution is -2.55. The van der Waals surface area contributed by atoms with E-state index >= 15 is 0 Å². The molecule has 9 nitrogen and oxygen atoms in total. The van der Waals surface area contributed by atoms with Gasteiger partial charge in [0.15, 0.2) is 0 Å². The number of aromatic nitrogens is 4. The number of aryl methyl sites for hydroxylation is 1. The number of carboxylic acids is 1. The Labute approximate surface area is 140 Å².